The van der Waals surface area contributed by atoms with E-state index in [1.54, 1.807) is 47.6 Å². The van der Waals surface area contributed by atoms with E-state index >= 15 is 0 Å². The molecule has 0 unspecified atom stereocenters. The molecule has 0 bridgehead atoms. The van der Waals surface area contributed by atoms with Crippen molar-refractivity contribution in [3.8, 4) is 11.5 Å². The molecule has 0 aliphatic carbocycles. The summed E-state index contributed by atoms with van der Waals surface area (Å²) in [6.07, 6.45) is 5.11. The predicted molar refractivity (Wildman–Crippen MR) is 93.5 cm³/mol. The fourth-order valence-electron chi connectivity index (χ4n) is 2.96. The van der Waals surface area contributed by atoms with Crippen LogP contribution in [0.5, 0.6) is 11.5 Å². The van der Waals surface area contributed by atoms with Gasteiger partial charge in [-0.15, -0.1) is 0 Å². The molecule has 0 saturated carbocycles. The summed E-state index contributed by atoms with van der Waals surface area (Å²) in [5.74, 6) is 1.22. The third kappa shape index (κ3) is 4.56. The van der Waals surface area contributed by atoms with E-state index in [0.717, 1.165) is 12.8 Å². The van der Waals surface area contributed by atoms with Gasteiger partial charge in [-0.2, -0.15) is 0 Å². The zero-order valence-corrected chi connectivity index (χ0v) is 14.1. The number of aromatic nitrogens is 1. The highest BCUT2D eigenvalue weighted by atomic mass is 16.5. The van der Waals surface area contributed by atoms with Crippen molar-refractivity contribution in [3.63, 3.8) is 0 Å². The van der Waals surface area contributed by atoms with Gasteiger partial charge in [-0.05, 0) is 49.2 Å². The van der Waals surface area contributed by atoms with Crippen LogP contribution in [-0.4, -0.2) is 40.8 Å². The Hall–Kier alpha value is -2.89. The number of ether oxygens (including phenoxy) is 1. The second kappa shape index (κ2) is 7.79. The molecule has 1 aromatic heterocycles. The zero-order valence-electron chi connectivity index (χ0n) is 14.1. The third-order valence-corrected chi connectivity index (χ3v) is 4.09. The summed E-state index contributed by atoms with van der Waals surface area (Å²) >= 11 is 0. The molecule has 1 atom stereocenters. The second-order valence-electron chi connectivity index (χ2n) is 6.11. The molecule has 1 saturated heterocycles. The third-order valence-electron chi connectivity index (χ3n) is 4.09. The van der Waals surface area contributed by atoms with Crippen LogP contribution in [0.4, 0.5) is 0 Å². The second-order valence-corrected chi connectivity index (χ2v) is 6.11. The Balaban J connectivity index is 1.63. The van der Waals surface area contributed by atoms with E-state index in [1.165, 1.54) is 6.92 Å². The van der Waals surface area contributed by atoms with Crippen LogP contribution in [0.25, 0.3) is 0 Å². The Labute approximate surface area is 146 Å². The largest absolute Gasteiger partial charge is 0.456 e. The minimum Gasteiger partial charge on any atom is -0.456 e. The molecule has 0 radical (unpaired) electrons. The molecule has 1 fully saturated rings. The lowest BCUT2D eigenvalue weighted by Gasteiger charge is -2.33. The molecule has 3 rings (SSSR count). The monoisotopic (exact) mass is 339 g/mol. The van der Waals surface area contributed by atoms with Crippen molar-refractivity contribution in [3.05, 3.63) is 54.4 Å². The summed E-state index contributed by atoms with van der Waals surface area (Å²) in [7, 11) is 0. The van der Waals surface area contributed by atoms with Gasteiger partial charge >= 0.3 is 0 Å². The van der Waals surface area contributed by atoms with Crippen LogP contribution in [-0.2, 0) is 4.79 Å². The fraction of sp³-hybridized carbons (Fsp3) is 0.316. The van der Waals surface area contributed by atoms with Gasteiger partial charge in [0.05, 0.1) is 6.20 Å². The molecule has 1 N–H and O–H groups in total. The van der Waals surface area contributed by atoms with Crippen LogP contribution in [0.15, 0.2) is 48.8 Å². The number of nitrogens with one attached hydrogen (secondary N) is 1. The first-order valence-corrected chi connectivity index (χ1v) is 8.36. The van der Waals surface area contributed by atoms with Crippen LogP contribution < -0.4 is 10.1 Å². The van der Waals surface area contributed by atoms with Crippen molar-refractivity contribution >= 4 is 11.8 Å². The Bertz CT molecular complexity index is 731. The van der Waals surface area contributed by atoms with Crippen LogP contribution in [0, 0.1) is 0 Å². The van der Waals surface area contributed by atoms with Gasteiger partial charge in [-0.25, -0.2) is 0 Å². The number of amides is 2. The molecule has 0 spiro atoms. The number of piperidine rings is 1. The topological polar surface area (TPSA) is 71.5 Å². The maximum absolute atomic E-state index is 12.7. The summed E-state index contributed by atoms with van der Waals surface area (Å²) < 4.78 is 5.68. The highest BCUT2D eigenvalue weighted by Gasteiger charge is 2.24. The average molecular weight is 339 g/mol. The minimum atomic E-state index is -0.0591. The van der Waals surface area contributed by atoms with Gasteiger partial charge in [0, 0.05) is 37.8 Å². The van der Waals surface area contributed by atoms with E-state index in [2.05, 4.69) is 10.3 Å². The molecule has 1 aliphatic heterocycles. The quantitative estimate of drug-likeness (QED) is 0.929. The summed E-state index contributed by atoms with van der Waals surface area (Å²) in [6, 6.07) is 10.7. The zero-order chi connectivity index (χ0) is 17.6. The molecular formula is C19H21N3O3. The number of rotatable bonds is 4. The van der Waals surface area contributed by atoms with Crippen LogP contribution in [0.1, 0.15) is 30.1 Å². The van der Waals surface area contributed by atoms with Crippen molar-refractivity contribution in [2.75, 3.05) is 13.1 Å². The molecule has 2 heterocycles. The number of benzene rings is 1. The van der Waals surface area contributed by atoms with Gasteiger partial charge in [0.15, 0.2) is 0 Å². The van der Waals surface area contributed by atoms with E-state index in [-0.39, 0.29) is 17.9 Å². The predicted octanol–water partition coefficient (Wildman–Crippen LogP) is 2.61. The Morgan fingerprint density at radius 2 is 2.00 bits per heavy atom. The van der Waals surface area contributed by atoms with E-state index in [0.29, 0.717) is 30.2 Å². The van der Waals surface area contributed by atoms with Crippen molar-refractivity contribution < 1.29 is 14.3 Å². The summed E-state index contributed by atoms with van der Waals surface area (Å²) in [6.45, 7) is 2.76. The molecule has 1 aromatic carbocycles. The maximum atomic E-state index is 12.7. The number of hydrogen-bond acceptors (Lipinski definition) is 4. The van der Waals surface area contributed by atoms with E-state index in [1.807, 2.05) is 6.07 Å². The molecule has 130 valence electrons. The first kappa shape index (κ1) is 17.0. The molecule has 6 heteroatoms. The number of nitrogens with zero attached hydrogens (tertiary/aromatic N) is 2. The number of carbonyl (C=O) groups excluding carboxylic acids is 2. The first-order chi connectivity index (χ1) is 12.1. The van der Waals surface area contributed by atoms with Gasteiger partial charge < -0.3 is 15.0 Å². The highest BCUT2D eigenvalue weighted by Crippen LogP contribution is 2.21. The lowest BCUT2D eigenvalue weighted by molar-refractivity contribution is -0.120. The van der Waals surface area contributed by atoms with Gasteiger partial charge in [0.2, 0.25) is 5.91 Å². The SMILES string of the molecule is CC(=O)N[C@H]1CCCN(C(=O)c2ccc(Oc3cccnc3)cc2)C1. The number of likely N-dealkylation sites (tertiary alicyclic amines) is 1. The molecule has 2 aromatic rings. The molecular weight excluding hydrogens is 318 g/mol. The van der Waals surface area contributed by atoms with Crippen molar-refractivity contribution in [1.29, 1.82) is 0 Å². The number of hydrogen-bond donors (Lipinski definition) is 1. The Kier molecular flexibility index (Phi) is 5.28. The Morgan fingerprint density at radius 1 is 1.20 bits per heavy atom. The van der Waals surface area contributed by atoms with Gasteiger partial charge in [-0.1, -0.05) is 0 Å². The highest BCUT2D eigenvalue weighted by molar-refractivity contribution is 5.94. The standard InChI is InChI=1S/C19H21N3O3/c1-14(23)21-16-4-3-11-22(13-16)19(24)15-6-8-17(9-7-15)25-18-5-2-10-20-12-18/h2,5-10,12,16H,3-4,11,13H2,1H3,(H,21,23)/t16-/m0/s1. The van der Waals surface area contributed by atoms with Crippen LogP contribution in [0.3, 0.4) is 0 Å². The maximum Gasteiger partial charge on any atom is 0.253 e. The van der Waals surface area contributed by atoms with Gasteiger partial charge in [-0.3, -0.25) is 14.6 Å². The molecule has 6 nitrogen and oxygen atoms in total. The molecule has 25 heavy (non-hydrogen) atoms. The van der Waals surface area contributed by atoms with Crippen molar-refractivity contribution in [2.24, 2.45) is 0 Å². The average Bonchev–Trinajstić information content (AvgIpc) is 2.62. The number of carbonyl (C=O) groups is 2. The van der Waals surface area contributed by atoms with Gasteiger partial charge in [0.1, 0.15) is 11.5 Å². The summed E-state index contributed by atoms with van der Waals surface area (Å²) in [4.78, 5) is 29.7. The van der Waals surface area contributed by atoms with Crippen molar-refractivity contribution in [1.82, 2.24) is 15.2 Å². The summed E-state index contributed by atoms with van der Waals surface area (Å²) in [5.41, 5.74) is 0.613. The van der Waals surface area contributed by atoms with E-state index in [4.69, 9.17) is 4.74 Å². The smallest absolute Gasteiger partial charge is 0.253 e. The molecule has 2 amide bonds. The van der Waals surface area contributed by atoms with Crippen molar-refractivity contribution in [2.45, 2.75) is 25.8 Å². The lowest BCUT2D eigenvalue weighted by atomic mass is 10.0. The van der Waals surface area contributed by atoms with E-state index in [9.17, 15) is 9.59 Å². The normalized spacial score (nSPS) is 17.0. The lowest BCUT2D eigenvalue weighted by Crippen LogP contribution is -2.49. The first-order valence-electron chi connectivity index (χ1n) is 8.36. The molecule has 1 aliphatic rings. The van der Waals surface area contributed by atoms with Crippen LogP contribution in [0.2, 0.25) is 0 Å². The Morgan fingerprint density at radius 3 is 2.68 bits per heavy atom. The van der Waals surface area contributed by atoms with E-state index < -0.39 is 0 Å². The van der Waals surface area contributed by atoms with Gasteiger partial charge in [0.25, 0.3) is 5.91 Å². The fourth-order valence-corrected chi connectivity index (χ4v) is 2.96. The van der Waals surface area contributed by atoms with Crippen LogP contribution >= 0.6 is 0 Å². The number of pyridine rings is 1. The summed E-state index contributed by atoms with van der Waals surface area (Å²) in [5, 5.41) is 2.90. The minimum absolute atomic E-state index is 0.0250.